The first kappa shape index (κ1) is 21.8. The van der Waals surface area contributed by atoms with Crippen LogP contribution < -0.4 is 14.2 Å². The number of para-hydroxylation sites is 3. The van der Waals surface area contributed by atoms with Gasteiger partial charge in [-0.25, -0.2) is 4.98 Å². The Kier molecular flexibility index (Phi) is 6.08. The molecule has 2 heterocycles. The van der Waals surface area contributed by atoms with Crippen LogP contribution in [0.3, 0.4) is 0 Å². The number of rotatable bonds is 7. The Morgan fingerprint density at radius 3 is 2.41 bits per heavy atom. The van der Waals surface area contributed by atoms with Crippen molar-refractivity contribution < 1.29 is 19.0 Å². The van der Waals surface area contributed by atoms with Gasteiger partial charge in [-0.1, -0.05) is 30.3 Å². The molecule has 0 saturated heterocycles. The summed E-state index contributed by atoms with van der Waals surface area (Å²) < 4.78 is 18.8. The Hall–Kier alpha value is -4.00. The fourth-order valence-electron chi connectivity index (χ4n) is 4.41. The normalized spacial score (nSPS) is 12.9. The Balaban J connectivity index is 1.37. The molecule has 0 radical (unpaired) electrons. The Labute approximate surface area is 198 Å². The average molecular weight is 458 g/mol. The number of nitrogens with zero attached hydrogens (tertiary/aromatic N) is 3. The predicted molar refractivity (Wildman–Crippen MR) is 129 cm³/mol. The molecule has 1 aromatic heterocycles. The summed E-state index contributed by atoms with van der Waals surface area (Å²) in [5.74, 6) is 2.93. The van der Waals surface area contributed by atoms with Crippen LogP contribution in [0, 0.1) is 0 Å². The molecule has 7 nitrogen and oxygen atoms in total. The maximum Gasteiger partial charge on any atom is 0.242 e. The van der Waals surface area contributed by atoms with Gasteiger partial charge >= 0.3 is 0 Å². The number of imidazole rings is 1. The number of carbonyl (C=O) groups excluding carboxylic acids is 1. The summed E-state index contributed by atoms with van der Waals surface area (Å²) >= 11 is 0. The highest BCUT2D eigenvalue weighted by molar-refractivity contribution is 5.81. The van der Waals surface area contributed by atoms with Gasteiger partial charge in [-0.15, -0.1) is 0 Å². The van der Waals surface area contributed by atoms with E-state index in [0.29, 0.717) is 24.6 Å². The van der Waals surface area contributed by atoms with E-state index < -0.39 is 0 Å². The molecular formula is C27H27N3O4. The SMILES string of the molecule is COc1cc2c(cc1OC)CN(C(=O)Cn1c(COc3ccccc3)nc3ccccc31)CC2. The summed E-state index contributed by atoms with van der Waals surface area (Å²) in [6, 6.07) is 21.5. The van der Waals surface area contributed by atoms with E-state index in [1.54, 1.807) is 14.2 Å². The Morgan fingerprint density at radius 2 is 1.65 bits per heavy atom. The molecule has 0 saturated carbocycles. The molecule has 3 aromatic carbocycles. The van der Waals surface area contributed by atoms with Gasteiger partial charge in [-0.05, 0) is 53.9 Å². The number of benzene rings is 3. The number of ether oxygens (including phenoxy) is 3. The number of hydrogen-bond acceptors (Lipinski definition) is 5. The number of methoxy groups -OCH3 is 2. The molecule has 1 aliphatic rings. The highest BCUT2D eigenvalue weighted by atomic mass is 16.5. The number of hydrogen-bond donors (Lipinski definition) is 0. The van der Waals surface area contributed by atoms with Crippen LogP contribution in [0.25, 0.3) is 11.0 Å². The van der Waals surface area contributed by atoms with Crippen molar-refractivity contribution >= 4 is 16.9 Å². The number of amides is 1. The van der Waals surface area contributed by atoms with Crippen molar-refractivity contribution in [3.63, 3.8) is 0 Å². The van der Waals surface area contributed by atoms with Crippen LogP contribution in [0.2, 0.25) is 0 Å². The molecule has 0 atom stereocenters. The van der Waals surface area contributed by atoms with Crippen molar-refractivity contribution in [3.8, 4) is 17.2 Å². The molecule has 0 unspecified atom stereocenters. The van der Waals surface area contributed by atoms with E-state index in [2.05, 4.69) is 0 Å². The lowest BCUT2D eigenvalue weighted by molar-refractivity contribution is -0.132. The molecule has 34 heavy (non-hydrogen) atoms. The third-order valence-corrected chi connectivity index (χ3v) is 6.21. The third kappa shape index (κ3) is 4.29. The van der Waals surface area contributed by atoms with Crippen molar-refractivity contribution in [3.05, 3.63) is 83.7 Å². The second-order valence-corrected chi connectivity index (χ2v) is 8.25. The van der Waals surface area contributed by atoms with E-state index >= 15 is 0 Å². The van der Waals surface area contributed by atoms with Crippen molar-refractivity contribution in [1.82, 2.24) is 14.5 Å². The van der Waals surface area contributed by atoms with Crippen LogP contribution in [0.15, 0.2) is 66.7 Å². The zero-order valence-corrected chi connectivity index (χ0v) is 19.4. The lowest BCUT2D eigenvalue weighted by Gasteiger charge is -2.30. The average Bonchev–Trinajstić information content (AvgIpc) is 3.23. The molecule has 0 aliphatic carbocycles. The minimum absolute atomic E-state index is 0.0459. The minimum Gasteiger partial charge on any atom is -0.493 e. The van der Waals surface area contributed by atoms with Gasteiger partial charge in [-0.2, -0.15) is 0 Å². The van der Waals surface area contributed by atoms with Gasteiger partial charge in [0.25, 0.3) is 0 Å². The molecule has 0 bridgehead atoms. The molecule has 5 rings (SSSR count). The van der Waals surface area contributed by atoms with Crippen LogP contribution in [-0.4, -0.2) is 41.1 Å². The molecule has 0 N–H and O–H groups in total. The van der Waals surface area contributed by atoms with E-state index in [4.69, 9.17) is 19.2 Å². The maximum atomic E-state index is 13.4. The highest BCUT2D eigenvalue weighted by Crippen LogP contribution is 2.33. The van der Waals surface area contributed by atoms with Gasteiger partial charge in [-0.3, -0.25) is 4.79 Å². The van der Waals surface area contributed by atoms with E-state index in [1.165, 1.54) is 5.56 Å². The summed E-state index contributed by atoms with van der Waals surface area (Å²) in [4.78, 5) is 20.0. The van der Waals surface area contributed by atoms with Gasteiger partial charge in [0.1, 0.15) is 24.7 Å². The van der Waals surface area contributed by atoms with Gasteiger partial charge < -0.3 is 23.7 Å². The van der Waals surface area contributed by atoms with E-state index in [9.17, 15) is 4.79 Å². The minimum atomic E-state index is 0.0459. The van der Waals surface area contributed by atoms with E-state index in [1.807, 2.05) is 76.2 Å². The second kappa shape index (κ2) is 9.47. The first-order valence-corrected chi connectivity index (χ1v) is 11.3. The van der Waals surface area contributed by atoms with Crippen LogP contribution in [0.1, 0.15) is 17.0 Å². The van der Waals surface area contributed by atoms with Crippen LogP contribution >= 0.6 is 0 Å². The standard InChI is InChI=1S/C27H27N3O4/c1-32-24-14-19-12-13-29(16-20(19)15-25(24)33-2)27(31)17-30-23-11-7-6-10-22(23)28-26(30)18-34-21-8-4-3-5-9-21/h3-11,14-15H,12-13,16-18H2,1-2H3. The smallest absolute Gasteiger partial charge is 0.242 e. The lowest BCUT2D eigenvalue weighted by atomic mass is 9.98. The Morgan fingerprint density at radius 1 is 0.941 bits per heavy atom. The zero-order valence-electron chi connectivity index (χ0n) is 19.4. The van der Waals surface area contributed by atoms with Crippen molar-refractivity contribution in [2.45, 2.75) is 26.1 Å². The fourth-order valence-corrected chi connectivity index (χ4v) is 4.41. The fraction of sp³-hybridized carbons (Fsp3) is 0.259. The molecule has 0 fully saturated rings. The molecule has 0 spiro atoms. The lowest BCUT2D eigenvalue weighted by Crippen LogP contribution is -2.38. The molecule has 174 valence electrons. The van der Waals surface area contributed by atoms with Crippen LogP contribution in [-0.2, 0) is 30.9 Å². The van der Waals surface area contributed by atoms with Crippen molar-refractivity contribution in [1.29, 1.82) is 0 Å². The topological polar surface area (TPSA) is 65.8 Å². The first-order valence-electron chi connectivity index (χ1n) is 11.3. The molecule has 4 aromatic rings. The summed E-state index contributed by atoms with van der Waals surface area (Å²) in [7, 11) is 3.26. The summed E-state index contributed by atoms with van der Waals surface area (Å²) in [6.07, 6.45) is 0.774. The summed E-state index contributed by atoms with van der Waals surface area (Å²) in [6.45, 7) is 1.68. The molecule has 1 amide bonds. The number of fused-ring (bicyclic) bond motifs is 2. The summed E-state index contributed by atoms with van der Waals surface area (Å²) in [5, 5.41) is 0. The van der Waals surface area contributed by atoms with E-state index in [-0.39, 0.29) is 19.1 Å². The highest BCUT2D eigenvalue weighted by Gasteiger charge is 2.24. The largest absolute Gasteiger partial charge is 0.493 e. The van der Waals surface area contributed by atoms with E-state index in [0.717, 1.165) is 34.6 Å². The van der Waals surface area contributed by atoms with Gasteiger partial charge in [0.05, 0.1) is 25.3 Å². The quantitative estimate of drug-likeness (QED) is 0.416. The van der Waals surface area contributed by atoms with Gasteiger partial charge in [0.2, 0.25) is 5.91 Å². The predicted octanol–water partition coefficient (Wildman–Crippen LogP) is 4.22. The van der Waals surface area contributed by atoms with Gasteiger partial charge in [0.15, 0.2) is 11.5 Å². The monoisotopic (exact) mass is 457 g/mol. The van der Waals surface area contributed by atoms with Crippen molar-refractivity contribution in [2.24, 2.45) is 0 Å². The maximum absolute atomic E-state index is 13.4. The number of aromatic nitrogens is 2. The zero-order chi connectivity index (χ0) is 23.5. The first-order chi connectivity index (χ1) is 16.7. The summed E-state index contributed by atoms with van der Waals surface area (Å²) in [5.41, 5.74) is 4.04. The molecule has 1 aliphatic heterocycles. The van der Waals surface area contributed by atoms with Crippen molar-refractivity contribution in [2.75, 3.05) is 20.8 Å². The van der Waals surface area contributed by atoms with Crippen LogP contribution in [0.4, 0.5) is 0 Å². The second-order valence-electron chi connectivity index (χ2n) is 8.25. The molecular weight excluding hydrogens is 430 g/mol. The third-order valence-electron chi connectivity index (χ3n) is 6.21. The Bertz CT molecular complexity index is 1320. The van der Waals surface area contributed by atoms with Gasteiger partial charge in [0, 0.05) is 13.1 Å². The van der Waals surface area contributed by atoms with Crippen LogP contribution in [0.5, 0.6) is 17.2 Å². The number of carbonyl (C=O) groups is 1. The molecule has 7 heteroatoms.